The van der Waals surface area contributed by atoms with E-state index in [1.165, 1.54) is 140 Å². The first-order valence-electron chi connectivity index (χ1n) is 28.1. The number of rotatable bonds is 12. The van der Waals surface area contributed by atoms with Gasteiger partial charge in [0.15, 0.2) is 25.8 Å². The molecular formula is C76H58N3+3. The van der Waals surface area contributed by atoms with Gasteiger partial charge in [0.25, 0.3) is 0 Å². The third kappa shape index (κ3) is 8.69. The van der Waals surface area contributed by atoms with Crippen LogP contribution < -0.4 is 13.7 Å². The van der Waals surface area contributed by atoms with Gasteiger partial charge in [-0.1, -0.05) is 146 Å². The molecule has 0 fully saturated rings. The highest BCUT2D eigenvalue weighted by molar-refractivity contribution is 5.94. The number of nitrogens with zero attached hydrogens (tertiary/aromatic N) is 3. The van der Waals surface area contributed by atoms with Crippen molar-refractivity contribution < 1.29 is 13.7 Å². The molecular weight excluding hydrogens is 955 g/mol. The molecule has 0 amide bonds. The molecule has 0 atom stereocenters. The van der Waals surface area contributed by atoms with Crippen LogP contribution in [-0.2, 0) is 45.3 Å². The van der Waals surface area contributed by atoms with Crippen molar-refractivity contribution >= 4 is 0 Å². The maximum atomic E-state index is 2.51. The first-order valence-corrected chi connectivity index (χ1v) is 28.1. The molecule has 12 aromatic rings. The van der Waals surface area contributed by atoms with Gasteiger partial charge in [0.1, 0.15) is 0 Å². The van der Waals surface area contributed by atoms with E-state index in [1.807, 2.05) is 0 Å². The predicted molar refractivity (Wildman–Crippen MR) is 321 cm³/mol. The Bertz CT molecular complexity index is 4150. The Balaban J connectivity index is 0.787. The summed E-state index contributed by atoms with van der Waals surface area (Å²) in [4.78, 5) is 0. The third-order valence-electron chi connectivity index (χ3n) is 17.0. The van der Waals surface area contributed by atoms with Gasteiger partial charge in [-0.15, -0.1) is 0 Å². The maximum absolute atomic E-state index is 2.51. The number of benzene rings is 9. The smallest absolute Gasteiger partial charge is 0.194 e. The first kappa shape index (κ1) is 46.7. The molecule has 15 rings (SSSR count). The van der Waals surface area contributed by atoms with Crippen molar-refractivity contribution in [3.8, 4) is 101 Å². The molecule has 0 saturated heterocycles. The summed E-state index contributed by atoms with van der Waals surface area (Å²) in [6.07, 6.45) is 6.04. The molecule has 0 radical (unpaired) electrons. The fourth-order valence-corrected chi connectivity index (χ4v) is 13.1. The Labute approximate surface area is 463 Å². The van der Waals surface area contributed by atoms with Crippen molar-refractivity contribution in [2.24, 2.45) is 0 Å². The van der Waals surface area contributed by atoms with E-state index in [0.717, 1.165) is 45.3 Å². The van der Waals surface area contributed by atoms with E-state index in [0.29, 0.717) is 0 Å². The monoisotopic (exact) mass is 1010 g/mol. The molecule has 3 nitrogen and oxygen atoms in total. The molecule has 0 N–H and O–H groups in total. The zero-order chi connectivity index (χ0) is 52.2. The lowest BCUT2D eigenvalue weighted by Crippen LogP contribution is -2.35. The molecule has 9 aromatic carbocycles. The normalized spacial score (nSPS) is 12.4. The number of aromatic nitrogens is 3. The number of pyridine rings is 3. The van der Waals surface area contributed by atoms with Crippen molar-refractivity contribution in [1.82, 2.24) is 0 Å². The lowest BCUT2D eigenvalue weighted by atomic mass is 9.85. The molecule has 374 valence electrons. The summed E-state index contributed by atoms with van der Waals surface area (Å²) < 4.78 is 7.36. The number of aryl methyl sites for hydroxylation is 4. The fraction of sp³-hybridized carbons (Fsp3) is 0.0921. The van der Waals surface area contributed by atoms with E-state index in [-0.39, 0.29) is 0 Å². The van der Waals surface area contributed by atoms with Crippen LogP contribution in [-0.4, -0.2) is 0 Å². The van der Waals surface area contributed by atoms with E-state index < -0.39 is 0 Å². The van der Waals surface area contributed by atoms with Gasteiger partial charge in [0.2, 0.25) is 28.5 Å². The second-order valence-corrected chi connectivity index (χ2v) is 21.8. The molecule has 79 heavy (non-hydrogen) atoms. The maximum Gasteiger partial charge on any atom is 0.213 e. The number of fused-ring (bicyclic) bond motifs is 9. The Morgan fingerprint density at radius 1 is 0.228 bits per heavy atom. The SMILES string of the molecule is c1ccc(-c2ccc(-c3cc4c(cc3-c3ccccc3-c3cc(CCc5ccc6c(c5)C[n+]5c(-c7ccccc7)cccc5-6)cc(CCc5ccc6c(c5)C[n+]5c(-c7ccccc7)cccc5-6)c3)C[n+]3ccccc3-4)cc2)cc1. The van der Waals surface area contributed by atoms with Crippen LogP contribution in [0.25, 0.3) is 101 Å². The van der Waals surface area contributed by atoms with Crippen LogP contribution >= 0.6 is 0 Å². The molecule has 0 aliphatic carbocycles. The summed E-state index contributed by atoms with van der Waals surface area (Å²) in [5, 5.41) is 0. The topological polar surface area (TPSA) is 11.6 Å². The van der Waals surface area contributed by atoms with Crippen LogP contribution in [0.15, 0.2) is 267 Å². The summed E-state index contributed by atoms with van der Waals surface area (Å²) >= 11 is 0. The van der Waals surface area contributed by atoms with E-state index >= 15 is 0 Å². The van der Waals surface area contributed by atoms with Crippen molar-refractivity contribution in [2.45, 2.75) is 45.3 Å². The van der Waals surface area contributed by atoms with Gasteiger partial charge >= 0.3 is 0 Å². The van der Waals surface area contributed by atoms with Crippen LogP contribution in [0.2, 0.25) is 0 Å². The summed E-state index contributed by atoms with van der Waals surface area (Å²) in [6.45, 7) is 2.62. The van der Waals surface area contributed by atoms with Crippen molar-refractivity contribution in [2.75, 3.05) is 0 Å². The summed E-state index contributed by atoms with van der Waals surface area (Å²) in [5.74, 6) is 0. The minimum absolute atomic E-state index is 0.858. The van der Waals surface area contributed by atoms with E-state index in [4.69, 9.17) is 0 Å². The highest BCUT2D eigenvalue weighted by Gasteiger charge is 2.32. The Kier molecular flexibility index (Phi) is 11.7. The highest BCUT2D eigenvalue weighted by Crippen LogP contribution is 2.44. The van der Waals surface area contributed by atoms with Crippen LogP contribution in [0.3, 0.4) is 0 Å². The van der Waals surface area contributed by atoms with Gasteiger partial charge in [-0.05, 0) is 171 Å². The van der Waals surface area contributed by atoms with Crippen LogP contribution in [0.1, 0.15) is 38.9 Å². The van der Waals surface area contributed by atoms with Crippen molar-refractivity contribution in [3.63, 3.8) is 0 Å². The Hall–Kier alpha value is -9.57. The summed E-state index contributed by atoms with van der Waals surface area (Å²) in [7, 11) is 0. The Morgan fingerprint density at radius 3 is 1.29 bits per heavy atom. The Morgan fingerprint density at radius 2 is 0.696 bits per heavy atom. The molecule has 6 heterocycles. The third-order valence-corrected chi connectivity index (χ3v) is 17.0. The quantitative estimate of drug-likeness (QED) is 0.108. The lowest BCUT2D eigenvalue weighted by Gasteiger charge is -2.18. The minimum Gasteiger partial charge on any atom is -0.194 e. The number of hydrogen-bond donors (Lipinski definition) is 0. The second-order valence-electron chi connectivity index (χ2n) is 21.8. The summed E-state index contributed by atoms with van der Waals surface area (Å²) in [5.41, 5.74) is 32.5. The van der Waals surface area contributed by atoms with Crippen LogP contribution in [0.4, 0.5) is 0 Å². The second kappa shape index (κ2) is 19.8. The van der Waals surface area contributed by atoms with Gasteiger partial charge < -0.3 is 0 Å². The average Bonchev–Trinajstić information content (AvgIpc) is 4.39. The molecule has 0 saturated carbocycles. The minimum atomic E-state index is 0.858. The summed E-state index contributed by atoms with van der Waals surface area (Å²) in [6, 6.07) is 97.6. The molecule has 0 spiro atoms. The van der Waals surface area contributed by atoms with E-state index in [2.05, 4.69) is 281 Å². The van der Waals surface area contributed by atoms with Gasteiger partial charge in [0, 0.05) is 64.2 Å². The van der Waals surface area contributed by atoms with Crippen LogP contribution in [0, 0.1) is 0 Å². The molecule has 0 bridgehead atoms. The van der Waals surface area contributed by atoms with Gasteiger partial charge in [-0.25, -0.2) is 0 Å². The number of hydrogen-bond acceptors (Lipinski definition) is 0. The largest absolute Gasteiger partial charge is 0.213 e. The fourth-order valence-electron chi connectivity index (χ4n) is 13.1. The molecule has 3 aliphatic heterocycles. The van der Waals surface area contributed by atoms with Crippen molar-refractivity contribution in [3.05, 3.63) is 306 Å². The lowest BCUT2D eigenvalue weighted by molar-refractivity contribution is -0.672. The zero-order valence-electron chi connectivity index (χ0n) is 44.2. The van der Waals surface area contributed by atoms with Crippen molar-refractivity contribution in [1.29, 1.82) is 0 Å². The average molecular weight is 1010 g/mol. The van der Waals surface area contributed by atoms with Gasteiger partial charge in [0.05, 0.1) is 16.7 Å². The predicted octanol–water partition coefficient (Wildman–Crippen LogP) is 16.2. The first-order chi connectivity index (χ1) is 39.1. The zero-order valence-corrected chi connectivity index (χ0v) is 44.2. The van der Waals surface area contributed by atoms with Gasteiger partial charge in [-0.3, -0.25) is 0 Å². The standard InChI is InChI=1S/C76H58N3/c1-4-16-56(17-5-1)57-35-37-58(38-36-57)69-48-70-64(49-77-41-13-12-24-74(70)77)47-71(69)68-23-11-10-22-65(68)61-45-54(31-29-52-33-39-66-62(43-52)50-78-72(25-14-27-75(66)78)59-18-6-2-7-19-59)42-55(46-61)32-30-53-34-40-67-63(44-53)51-79-73(26-15-28-76(67)79)60-20-8-3-9-21-60/h1-28,33-48H,29-32,49-51H2/q+3. The molecule has 3 heteroatoms. The van der Waals surface area contributed by atoms with E-state index in [1.54, 1.807) is 0 Å². The molecule has 3 aromatic heterocycles. The van der Waals surface area contributed by atoms with Gasteiger partial charge in [-0.2, -0.15) is 13.7 Å². The molecule has 3 aliphatic rings. The highest BCUT2D eigenvalue weighted by atomic mass is 15.0. The van der Waals surface area contributed by atoms with E-state index in [9.17, 15) is 0 Å². The van der Waals surface area contributed by atoms with Crippen LogP contribution in [0.5, 0.6) is 0 Å². The molecule has 0 unspecified atom stereocenters.